The van der Waals surface area contributed by atoms with Gasteiger partial charge in [0.05, 0.1) is 31.0 Å². The van der Waals surface area contributed by atoms with E-state index in [2.05, 4.69) is 0 Å². The van der Waals surface area contributed by atoms with E-state index >= 15 is 0 Å². The van der Waals surface area contributed by atoms with Crippen molar-refractivity contribution < 1.29 is 23.7 Å². The van der Waals surface area contributed by atoms with Gasteiger partial charge >= 0.3 is 0 Å². The lowest BCUT2D eigenvalue weighted by molar-refractivity contribution is 0.104. The Morgan fingerprint density at radius 1 is 0.833 bits per heavy atom. The minimum atomic E-state index is -0.157. The maximum atomic E-state index is 12.9. The highest BCUT2D eigenvalue weighted by Gasteiger charge is 2.16. The number of hydrogen-bond acceptors (Lipinski definition) is 5. The van der Waals surface area contributed by atoms with Gasteiger partial charge in [-0.2, -0.15) is 0 Å². The molecule has 0 bridgehead atoms. The number of para-hydroxylation sites is 1. The Kier molecular flexibility index (Phi) is 8.34. The molecule has 0 N–H and O–H groups in total. The maximum absolute atomic E-state index is 12.9. The van der Waals surface area contributed by atoms with Crippen LogP contribution < -0.4 is 18.9 Å². The molecule has 0 aliphatic heterocycles. The fourth-order valence-electron chi connectivity index (χ4n) is 2.86. The fourth-order valence-corrected chi connectivity index (χ4v) is 2.86. The number of ketones is 1. The van der Waals surface area contributed by atoms with Crippen molar-refractivity contribution in [3.63, 3.8) is 0 Å². The number of carbonyl (C=O) groups excluding carboxylic acids is 1. The predicted molar refractivity (Wildman–Crippen MR) is 120 cm³/mol. The van der Waals surface area contributed by atoms with Crippen molar-refractivity contribution in [1.29, 1.82) is 0 Å². The molecule has 5 nitrogen and oxygen atoms in total. The molecule has 0 aliphatic carbocycles. The van der Waals surface area contributed by atoms with Gasteiger partial charge in [0.25, 0.3) is 0 Å². The minimum absolute atomic E-state index is 0.00472. The zero-order valence-electron chi connectivity index (χ0n) is 18.9. The van der Waals surface area contributed by atoms with E-state index in [-0.39, 0.29) is 24.1 Å². The van der Waals surface area contributed by atoms with Gasteiger partial charge in [0, 0.05) is 11.6 Å². The van der Waals surface area contributed by atoms with Crippen LogP contribution in [-0.2, 0) is 0 Å². The first-order valence-electron chi connectivity index (χ1n) is 10.2. The number of benzene rings is 2. The zero-order chi connectivity index (χ0) is 22.3. The van der Waals surface area contributed by atoms with E-state index in [0.29, 0.717) is 34.1 Å². The lowest BCUT2D eigenvalue weighted by Gasteiger charge is -2.19. The van der Waals surface area contributed by atoms with Crippen molar-refractivity contribution in [2.45, 2.75) is 59.9 Å². The summed E-state index contributed by atoms with van der Waals surface area (Å²) in [6, 6.07) is 10.9. The van der Waals surface area contributed by atoms with E-state index in [4.69, 9.17) is 18.9 Å². The third-order valence-corrected chi connectivity index (χ3v) is 3.93. The van der Waals surface area contributed by atoms with Gasteiger partial charge in [-0.3, -0.25) is 4.79 Å². The molecule has 0 heterocycles. The molecule has 0 saturated carbocycles. The van der Waals surface area contributed by atoms with Gasteiger partial charge in [0.15, 0.2) is 17.3 Å². The largest absolute Gasteiger partial charge is 0.493 e. The summed E-state index contributed by atoms with van der Waals surface area (Å²) in [5.74, 6) is 2.18. The van der Waals surface area contributed by atoms with E-state index in [9.17, 15) is 4.79 Å². The number of ether oxygens (including phenoxy) is 4. The average Bonchev–Trinajstić information content (AvgIpc) is 2.66. The second-order valence-electron chi connectivity index (χ2n) is 7.74. The van der Waals surface area contributed by atoms with Crippen LogP contribution in [0.25, 0.3) is 6.08 Å². The second kappa shape index (κ2) is 10.7. The van der Waals surface area contributed by atoms with Crippen molar-refractivity contribution >= 4 is 11.9 Å². The van der Waals surface area contributed by atoms with Crippen LogP contribution in [0.5, 0.6) is 23.0 Å². The topological polar surface area (TPSA) is 54.0 Å². The second-order valence-corrected chi connectivity index (χ2v) is 7.74. The zero-order valence-corrected chi connectivity index (χ0v) is 18.9. The molecule has 0 aromatic heterocycles. The van der Waals surface area contributed by atoms with Crippen molar-refractivity contribution in [3.05, 3.63) is 53.6 Å². The standard InChI is InChI=1S/C25H32O5/c1-16(2)28-20-14-19(25(30-18(5)6)24(15-20)27-7)12-13-22(26)21-10-8-9-11-23(21)29-17(3)4/h8-18H,1-7H3. The fraction of sp³-hybridized carbons (Fsp3) is 0.400. The molecule has 2 aromatic carbocycles. The molecular formula is C25H32O5. The molecule has 0 saturated heterocycles. The van der Waals surface area contributed by atoms with E-state index in [0.717, 1.165) is 0 Å². The highest BCUT2D eigenvalue weighted by molar-refractivity contribution is 6.08. The molecule has 0 spiro atoms. The summed E-state index contributed by atoms with van der Waals surface area (Å²) in [5, 5.41) is 0. The summed E-state index contributed by atoms with van der Waals surface area (Å²) < 4.78 is 23.1. The van der Waals surface area contributed by atoms with Crippen molar-refractivity contribution in [2.75, 3.05) is 7.11 Å². The Morgan fingerprint density at radius 3 is 2.07 bits per heavy atom. The van der Waals surface area contributed by atoms with Crippen LogP contribution in [0.4, 0.5) is 0 Å². The van der Waals surface area contributed by atoms with Gasteiger partial charge in [-0.05, 0) is 71.9 Å². The quantitative estimate of drug-likeness (QED) is 0.356. The molecule has 30 heavy (non-hydrogen) atoms. The summed E-state index contributed by atoms with van der Waals surface area (Å²) in [5.41, 5.74) is 1.21. The summed E-state index contributed by atoms with van der Waals surface area (Å²) in [7, 11) is 1.58. The first kappa shape index (κ1) is 23.3. The minimum Gasteiger partial charge on any atom is -0.493 e. The highest BCUT2D eigenvalue weighted by Crippen LogP contribution is 2.38. The van der Waals surface area contributed by atoms with Crippen molar-refractivity contribution in [1.82, 2.24) is 0 Å². The Labute approximate surface area is 179 Å². The van der Waals surface area contributed by atoms with Gasteiger partial charge in [-0.15, -0.1) is 0 Å². The molecule has 0 fully saturated rings. The first-order valence-corrected chi connectivity index (χ1v) is 10.2. The first-order chi connectivity index (χ1) is 14.2. The third kappa shape index (κ3) is 6.55. The number of carbonyl (C=O) groups is 1. The van der Waals surface area contributed by atoms with Gasteiger partial charge in [0.1, 0.15) is 11.5 Å². The molecule has 2 rings (SSSR count). The molecular weight excluding hydrogens is 380 g/mol. The van der Waals surface area contributed by atoms with Crippen LogP contribution in [0, 0.1) is 0 Å². The number of allylic oxidation sites excluding steroid dienone is 1. The normalized spacial score (nSPS) is 11.4. The smallest absolute Gasteiger partial charge is 0.189 e. The van der Waals surface area contributed by atoms with Crippen LogP contribution in [0.3, 0.4) is 0 Å². The van der Waals surface area contributed by atoms with Crippen LogP contribution in [0.15, 0.2) is 42.5 Å². The summed E-state index contributed by atoms with van der Waals surface area (Å²) in [4.78, 5) is 12.9. The summed E-state index contributed by atoms with van der Waals surface area (Å²) >= 11 is 0. The molecule has 2 aromatic rings. The van der Waals surface area contributed by atoms with Crippen LogP contribution in [-0.4, -0.2) is 31.2 Å². The highest BCUT2D eigenvalue weighted by atomic mass is 16.5. The van der Waals surface area contributed by atoms with E-state index in [1.165, 1.54) is 6.08 Å². The maximum Gasteiger partial charge on any atom is 0.189 e. The molecule has 0 aliphatic rings. The monoisotopic (exact) mass is 412 g/mol. The SMILES string of the molecule is COc1cc(OC(C)C)cc(C=CC(=O)c2ccccc2OC(C)C)c1OC(C)C. The summed E-state index contributed by atoms with van der Waals surface area (Å²) in [6.45, 7) is 11.6. The van der Waals surface area contributed by atoms with Gasteiger partial charge in [0.2, 0.25) is 0 Å². The molecule has 0 amide bonds. The third-order valence-electron chi connectivity index (χ3n) is 3.93. The average molecular weight is 413 g/mol. The Morgan fingerprint density at radius 2 is 1.47 bits per heavy atom. The Hall–Kier alpha value is -2.95. The van der Waals surface area contributed by atoms with Gasteiger partial charge in [-0.25, -0.2) is 0 Å². The molecule has 0 radical (unpaired) electrons. The van der Waals surface area contributed by atoms with Crippen LogP contribution in [0.1, 0.15) is 57.5 Å². The van der Waals surface area contributed by atoms with Crippen molar-refractivity contribution in [3.8, 4) is 23.0 Å². The molecule has 162 valence electrons. The van der Waals surface area contributed by atoms with Crippen LogP contribution in [0.2, 0.25) is 0 Å². The number of hydrogen-bond donors (Lipinski definition) is 0. The molecule has 5 heteroatoms. The molecule has 0 atom stereocenters. The Bertz CT molecular complexity index is 881. The summed E-state index contributed by atoms with van der Waals surface area (Å²) in [6.07, 6.45) is 3.16. The number of methoxy groups -OCH3 is 1. The van der Waals surface area contributed by atoms with E-state index in [1.54, 1.807) is 31.4 Å². The van der Waals surface area contributed by atoms with Crippen LogP contribution >= 0.6 is 0 Å². The van der Waals surface area contributed by atoms with Gasteiger partial charge < -0.3 is 18.9 Å². The lowest BCUT2D eigenvalue weighted by atomic mass is 10.1. The van der Waals surface area contributed by atoms with Crippen molar-refractivity contribution in [2.24, 2.45) is 0 Å². The van der Waals surface area contributed by atoms with E-state index < -0.39 is 0 Å². The molecule has 0 unspecified atom stereocenters. The number of rotatable bonds is 10. The van der Waals surface area contributed by atoms with Gasteiger partial charge in [-0.1, -0.05) is 12.1 Å². The van der Waals surface area contributed by atoms with E-state index in [1.807, 2.05) is 59.7 Å². The Balaban J connectivity index is 2.44. The predicted octanol–water partition coefficient (Wildman–Crippen LogP) is 5.95. The lowest BCUT2D eigenvalue weighted by Crippen LogP contribution is -2.10.